The van der Waals surface area contributed by atoms with Gasteiger partial charge in [-0.15, -0.1) is 0 Å². The van der Waals surface area contributed by atoms with Crippen molar-refractivity contribution in [3.8, 4) is 5.75 Å². The maximum absolute atomic E-state index is 13.2. The van der Waals surface area contributed by atoms with Crippen LogP contribution in [0.25, 0.3) is 0 Å². The Kier molecular flexibility index (Phi) is 7.27. The van der Waals surface area contributed by atoms with Crippen molar-refractivity contribution >= 4 is 33.2 Å². The molecule has 1 unspecified atom stereocenters. The summed E-state index contributed by atoms with van der Waals surface area (Å²) in [6.45, 7) is 0. The smallest absolute Gasteiger partial charge is 0.242 e. The zero-order valence-corrected chi connectivity index (χ0v) is 18.1. The Labute approximate surface area is 185 Å². The Morgan fingerprint density at radius 1 is 1.06 bits per heavy atom. The normalized spacial score (nSPS) is 12.2. The number of hydrogen-bond donors (Lipinski definition) is 2. The molecule has 0 heterocycles. The summed E-state index contributed by atoms with van der Waals surface area (Å²) < 4.78 is 46.3. The number of anilines is 1. The number of carbonyl (C=O) groups is 1. The van der Waals surface area contributed by atoms with Gasteiger partial charge in [-0.05, 0) is 54.4 Å². The fourth-order valence-electron chi connectivity index (χ4n) is 2.88. The Bertz CT molecular complexity index is 1160. The second-order valence-electron chi connectivity index (χ2n) is 6.66. The summed E-state index contributed by atoms with van der Waals surface area (Å²) in [5, 5.41) is 2.97. The van der Waals surface area contributed by atoms with Crippen molar-refractivity contribution in [2.45, 2.75) is 17.4 Å². The lowest BCUT2D eigenvalue weighted by Gasteiger charge is -2.19. The van der Waals surface area contributed by atoms with Crippen LogP contribution >= 0.6 is 11.6 Å². The van der Waals surface area contributed by atoms with Crippen LogP contribution in [0.15, 0.2) is 77.7 Å². The highest BCUT2D eigenvalue weighted by atomic mass is 35.5. The molecule has 3 aromatic carbocycles. The van der Waals surface area contributed by atoms with Gasteiger partial charge in [-0.1, -0.05) is 41.9 Å². The van der Waals surface area contributed by atoms with Crippen molar-refractivity contribution in [2.75, 3.05) is 12.4 Å². The molecule has 0 fully saturated rings. The first kappa shape index (κ1) is 22.7. The predicted molar refractivity (Wildman–Crippen MR) is 117 cm³/mol. The van der Waals surface area contributed by atoms with Gasteiger partial charge in [0.2, 0.25) is 15.9 Å². The van der Waals surface area contributed by atoms with E-state index in [1.54, 1.807) is 36.4 Å². The topological polar surface area (TPSA) is 84.5 Å². The van der Waals surface area contributed by atoms with Crippen molar-refractivity contribution in [1.82, 2.24) is 4.72 Å². The fourth-order valence-corrected chi connectivity index (χ4v) is 4.33. The van der Waals surface area contributed by atoms with Gasteiger partial charge in [-0.25, -0.2) is 12.8 Å². The van der Waals surface area contributed by atoms with E-state index in [1.165, 1.54) is 13.2 Å². The summed E-state index contributed by atoms with van der Waals surface area (Å²) in [4.78, 5) is 12.8. The molecule has 31 heavy (non-hydrogen) atoms. The van der Waals surface area contributed by atoms with E-state index in [2.05, 4.69) is 10.0 Å². The monoisotopic (exact) mass is 462 g/mol. The standard InChI is InChI=1S/C22H20ClFN2O4S/c1-30-21-12-9-17(14-19(21)23)25-22(27)20(13-15-5-3-2-4-6-15)26-31(28,29)18-10-7-16(24)8-11-18/h2-12,14,20,26H,13H2,1H3,(H,25,27). The van der Waals surface area contributed by atoms with E-state index in [4.69, 9.17) is 16.3 Å². The third kappa shape index (κ3) is 6.04. The minimum Gasteiger partial charge on any atom is -0.495 e. The molecule has 0 aliphatic rings. The third-order valence-corrected chi connectivity index (χ3v) is 6.22. The number of sulfonamides is 1. The summed E-state index contributed by atoms with van der Waals surface area (Å²) in [7, 11) is -2.60. The van der Waals surface area contributed by atoms with Crippen LogP contribution in [0.2, 0.25) is 5.02 Å². The molecule has 3 rings (SSSR count). The molecule has 0 aromatic heterocycles. The number of hydrogen-bond acceptors (Lipinski definition) is 4. The van der Waals surface area contributed by atoms with Crippen molar-refractivity contribution < 1.29 is 22.3 Å². The number of amides is 1. The molecule has 0 radical (unpaired) electrons. The zero-order chi connectivity index (χ0) is 22.4. The van der Waals surface area contributed by atoms with E-state index in [0.29, 0.717) is 16.5 Å². The maximum atomic E-state index is 13.2. The van der Waals surface area contributed by atoms with Crippen LogP contribution in [-0.2, 0) is 21.2 Å². The van der Waals surface area contributed by atoms with Crippen LogP contribution in [0.4, 0.5) is 10.1 Å². The lowest BCUT2D eigenvalue weighted by molar-refractivity contribution is -0.117. The molecule has 1 amide bonds. The SMILES string of the molecule is COc1ccc(NC(=O)C(Cc2ccccc2)NS(=O)(=O)c2ccc(F)cc2)cc1Cl. The number of nitrogens with one attached hydrogen (secondary N) is 2. The fraction of sp³-hybridized carbons (Fsp3) is 0.136. The highest BCUT2D eigenvalue weighted by Gasteiger charge is 2.26. The molecule has 0 bridgehead atoms. The third-order valence-electron chi connectivity index (χ3n) is 4.44. The van der Waals surface area contributed by atoms with E-state index < -0.39 is 27.8 Å². The zero-order valence-electron chi connectivity index (χ0n) is 16.5. The predicted octanol–water partition coefficient (Wildman–Crippen LogP) is 4.02. The van der Waals surface area contributed by atoms with Gasteiger partial charge >= 0.3 is 0 Å². The van der Waals surface area contributed by atoms with Gasteiger partial charge in [0.25, 0.3) is 0 Å². The molecule has 2 N–H and O–H groups in total. The van der Waals surface area contributed by atoms with Crippen LogP contribution in [0.3, 0.4) is 0 Å². The summed E-state index contributed by atoms with van der Waals surface area (Å²) in [6, 6.07) is 16.9. The molecule has 162 valence electrons. The molecule has 6 nitrogen and oxygen atoms in total. The van der Waals surface area contributed by atoms with Crippen LogP contribution in [0.1, 0.15) is 5.56 Å². The Balaban J connectivity index is 1.85. The summed E-state index contributed by atoms with van der Waals surface area (Å²) in [5.74, 6) is -0.692. The van der Waals surface area contributed by atoms with Gasteiger partial charge in [-0.2, -0.15) is 4.72 Å². The van der Waals surface area contributed by atoms with Crippen molar-refractivity contribution in [3.05, 3.63) is 89.2 Å². The summed E-state index contributed by atoms with van der Waals surface area (Å²) in [5.41, 5.74) is 1.15. The van der Waals surface area contributed by atoms with Gasteiger partial charge in [0.05, 0.1) is 17.0 Å². The van der Waals surface area contributed by atoms with Gasteiger partial charge in [0, 0.05) is 5.69 Å². The lowest BCUT2D eigenvalue weighted by Crippen LogP contribution is -2.45. The number of methoxy groups -OCH3 is 1. The summed E-state index contributed by atoms with van der Waals surface area (Å²) in [6.07, 6.45) is 0.108. The van der Waals surface area contributed by atoms with E-state index in [0.717, 1.165) is 29.8 Å². The first-order valence-electron chi connectivity index (χ1n) is 9.25. The molecule has 9 heteroatoms. The second-order valence-corrected chi connectivity index (χ2v) is 8.78. The van der Waals surface area contributed by atoms with E-state index in [9.17, 15) is 17.6 Å². The Hall–Kier alpha value is -2.94. The molecule has 3 aromatic rings. The number of carbonyl (C=O) groups excluding carboxylic acids is 1. The van der Waals surface area contributed by atoms with Gasteiger partial charge in [-0.3, -0.25) is 4.79 Å². The minimum absolute atomic E-state index is 0.108. The van der Waals surface area contributed by atoms with Crippen LogP contribution in [-0.4, -0.2) is 27.5 Å². The van der Waals surface area contributed by atoms with Crippen molar-refractivity contribution in [2.24, 2.45) is 0 Å². The summed E-state index contributed by atoms with van der Waals surface area (Å²) >= 11 is 6.10. The van der Waals surface area contributed by atoms with Crippen LogP contribution in [0, 0.1) is 5.82 Å². The van der Waals surface area contributed by atoms with E-state index in [-0.39, 0.29) is 11.3 Å². The van der Waals surface area contributed by atoms with Crippen LogP contribution < -0.4 is 14.8 Å². The molecular weight excluding hydrogens is 443 g/mol. The molecule has 0 aliphatic heterocycles. The van der Waals surface area contributed by atoms with E-state index in [1.807, 2.05) is 6.07 Å². The molecular formula is C22H20ClFN2O4S. The quantitative estimate of drug-likeness (QED) is 0.529. The van der Waals surface area contributed by atoms with E-state index >= 15 is 0 Å². The average molecular weight is 463 g/mol. The highest BCUT2D eigenvalue weighted by Crippen LogP contribution is 2.27. The second kappa shape index (κ2) is 9.91. The molecule has 1 atom stereocenters. The van der Waals surface area contributed by atoms with Gasteiger partial charge in [0.1, 0.15) is 17.6 Å². The maximum Gasteiger partial charge on any atom is 0.242 e. The molecule has 0 aliphatic carbocycles. The van der Waals surface area contributed by atoms with Gasteiger partial charge in [0.15, 0.2) is 0 Å². The van der Waals surface area contributed by atoms with Gasteiger partial charge < -0.3 is 10.1 Å². The average Bonchev–Trinajstić information content (AvgIpc) is 2.74. The minimum atomic E-state index is -4.08. The Morgan fingerprint density at radius 3 is 2.35 bits per heavy atom. The highest BCUT2D eigenvalue weighted by molar-refractivity contribution is 7.89. The molecule has 0 saturated carbocycles. The van der Waals surface area contributed by atoms with Crippen molar-refractivity contribution in [1.29, 1.82) is 0 Å². The first-order chi connectivity index (χ1) is 14.8. The number of benzene rings is 3. The lowest BCUT2D eigenvalue weighted by atomic mass is 10.1. The first-order valence-corrected chi connectivity index (χ1v) is 11.1. The number of ether oxygens (including phenoxy) is 1. The Morgan fingerprint density at radius 2 is 1.74 bits per heavy atom. The van der Waals surface area contributed by atoms with Crippen molar-refractivity contribution in [3.63, 3.8) is 0 Å². The molecule has 0 saturated heterocycles. The van der Waals surface area contributed by atoms with Crippen LogP contribution in [0.5, 0.6) is 5.75 Å². The molecule has 0 spiro atoms. The number of halogens is 2. The largest absolute Gasteiger partial charge is 0.495 e. The number of rotatable bonds is 8.